The normalized spacial score (nSPS) is 10.6. The van der Waals surface area contributed by atoms with Gasteiger partial charge in [0.25, 0.3) is 0 Å². The van der Waals surface area contributed by atoms with E-state index in [1.807, 2.05) is 25.7 Å². The van der Waals surface area contributed by atoms with Crippen molar-refractivity contribution in [1.29, 1.82) is 0 Å². The summed E-state index contributed by atoms with van der Waals surface area (Å²) in [6.45, 7) is 7.20. The van der Waals surface area contributed by atoms with Gasteiger partial charge in [-0.15, -0.1) is 0 Å². The molecule has 0 fully saturated rings. The fraction of sp³-hybridized carbons (Fsp3) is 0.500. The molecule has 0 N–H and O–H groups in total. The molecule has 3 heteroatoms. The van der Waals surface area contributed by atoms with Crippen LogP contribution in [0.2, 0.25) is 0 Å². The SMILES string of the molecule is CCN(CCc1ccc(F)cc1)C(=O)C(C)C. The molecule has 0 radical (unpaired) electrons. The minimum Gasteiger partial charge on any atom is -0.342 e. The highest BCUT2D eigenvalue weighted by molar-refractivity contribution is 5.78. The molecule has 94 valence electrons. The lowest BCUT2D eigenvalue weighted by Crippen LogP contribution is -2.35. The van der Waals surface area contributed by atoms with E-state index in [1.165, 1.54) is 12.1 Å². The zero-order chi connectivity index (χ0) is 12.8. The largest absolute Gasteiger partial charge is 0.342 e. The highest BCUT2D eigenvalue weighted by atomic mass is 19.1. The number of nitrogens with zero attached hydrogens (tertiary/aromatic N) is 1. The Labute approximate surface area is 102 Å². The molecule has 0 atom stereocenters. The maximum absolute atomic E-state index is 12.7. The van der Waals surface area contributed by atoms with E-state index in [4.69, 9.17) is 0 Å². The van der Waals surface area contributed by atoms with Gasteiger partial charge in [-0.25, -0.2) is 4.39 Å². The molecule has 0 unspecified atom stereocenters. The lowest BCUT2D eigenvalue weighted by Gasteiger charge is -2.22. The van der Waals surface area contributed by atoms with Crippen LogP contribution in [0.4, 0.5) is 4.39 Å². The molecule has 0 bridgehead atoms. The lowest BCUT2D eigenvalue weighted by molar-refractivity contribution is -0.134. The Morgan fingerprint density at radius 2 is 1.88 bits per heavy atom. The van der Waals surface area contributed by atoms with Gasteiger partial charge in [-0.3, -0.25) is 4.79 Å². The first-order valence-electron chi connectivity index (χ1n) is 6.07. The van der Waals surface area contributed by atoms with Gasteiger partial charge < -0.3 is 4.90 Å². The smallest absolute Gasteiger partial charge is 0.225 e. The first kappa shape index (κ1) is 13.7. The van der Waals surface area contributed by atoms with Crippen LogP contribution in [0.25, 0.3) is 0 Å². The summed E-state index contributed by atoms with van der Waals surface area (Å²) < 4.78 is 12.7. The van der Waals surface area contributed by atoms with E-state index in [2.05, 4.69) is 0 Å². The van der Waals surface area contributed by atoms with E-state index in [9.17, 15) is 9.18 Å². The minimum atomic E-state index is -0.223. The molecule has 1 aromatic carbocycles. The van der Waals surface area contributed by atoms with Crippen molar-refractivity contribution < 1.29 is 9.18 Å². The highest BCUT2D eigenvalue weighted by Crippen LogP contribution is 2.07. The summed E-state index contributed by atoms with van der Waals surface area (Å²) in [7, 11) is 0. The van der Waals surface area contributed by atoms with Gasteiger partial charge in [-0.2, -0.15) is 0 Å². The van der Waals surface area contributed by atoms with Gasteiger partial charge in [-0.05, 0) is 31.0 Å². The van der Waals surface area contributed by atoms with E-state index in [1.54, 1.807) is 12.1 Å². The number of hydrogen-bond acceptors (Lipinski definition) is 1. The third kappa shape index (κ3) is 4.17. The predicted molar refractivity (Wildman–Crippen MR) is 67.2 cm³/mol. The Hall–Kier alpha value is -1.38. The molecule has 0 aliphatic rings. The Bertz CT molecular complexity index is 359. The molecule has 0 saturated carbocycles. The van der Waals surface area contributed by atoms with Crippen LogP contribution in [0.5, 0.6) is 0 Å². The second-order valence-corrected chi connectivity index (χ2v) is 4.45. The van der Waals surface area contributed by atoms with E-state index in [0.717, 1.165) is 18.5 Å². The Kier molecular flexibility index (Phi) is 5.13. The van der Waals surface area contributed by atoms with Gasteiger partial charge in [0.2, 0.25) is 5.91 Å². The second-order valence-electron chi connectivity index (χ2n) is 4.45. The van der Waals surface area contributed by atoms with Gasteiger partial charge in [0.05, 0.1) is 0 Å². The summed E-state index contributed by atoms with van der Waals surface area (Å²) in [6, 6.07) is 6.44. The molecular formula is C14H20FNO. The first-order valence-corrected chi connectivity index (χ1v) is 6.07. The molecule has 0 aromatic heterocycles. The van der Waals surface area contributed by atoms with Crippen LogP contribution in [0.1, 0.15) is 26.3 Å². The van der Waals surface area contributed by atoms with Crippen LogP contribution < -0.4 is 0 Å². The third-order valence-electron chi connectivity index (χ3n) is 2.77. The quantitative estimate of drug-likeness (QED) is 0.771. The number of amides is 1. The van der Waals surface area contributed by atoms with Crippen molar-refractivity contribution in [1.82, 2.24) is 4.90 Å². The molecule has 2 nitrogen and oxygen atoms in total. The van der Waals surface area contributed by atoms with Crippen LogP contribution in [-0.2, 0) is 11.2 Å². The zero-order valence-electron chi connectivity index (χ0n) is 10.7. The summed E-state index contributed by atoms with van der Waals surface area (Å²) in [5.74, 6) is -0.0165. The molecule has 17 heavy (non-hydrogen) atoms. The molecular weight excluding hydrogens is 217 g/mol. The topological polar surface area (TPSA) is 20.3 Å². The predicted octanol–water partition coefficient (Wildman–Crippen LogP) is 2.87. The summed E-state index contributed by atoms with van der Waals surface area (Å²) >= 11 is 0. The molecule has 0 aliphatic carbocycles. The van der Waals surface area contributed by atoms with Crippen molar-refractivity contribution >= 4 is 5.91 Å². The van der Waals surface area contributed by atoms with Crippen molar-refractivity contribution in [2.75, 3.05) is 13.1 Å². The number of carbonyl (C=O) groups is 1. The van der Waals surface area contributed by atoms with E-state index >= 15 is 0 Å². The number of rotatable bonds is 5. The maximum atomic E-state index is 12.7. The Morgan fingerprint density at radius 3 is 2.35 bits per heavy atom. The summed E-state index contributed by atoms with van der Waals surface area (Å²) in [6.07, 6.45) is 0.770. The van der Waals surface area contributed by atoms with Gasteiger partial charge >= 0.3 is 0 Å². The average molecular weight is 237 g/mol. The minimum absolute atomic E-state index is 0.0307. The number of halogens is 1. The molecule has 1 amide bonds. The van der Waals surface area contributed by atoms with Gasteiger partial charge in [0.15, 0.2) is 0 Å². The highest BCUT2D eigenvalue weighted by Gasteiger charge is 2.14. The first-order chi connectivity index (χ1) is 8.04. The van der Waals surface area contributed by atoms with Gasteiger partial charge in [0, 0.05) is 19.0 Å². The van der Waals surface area contributed by atoms with Gasteiger partial charge in [-0.1, -0.05) is 26.0 Å². The van der Waals surface area contributed by atoms with Crippen LogP contribution in [0.15, 0.2) is 24.3 Å². The van der Waals surface area contributed by atoms with Crippen molar-refractivity contribution in [2.24, 2.45) is 5.92 Å². The number of hydrogen-bond donors (Lipinski definition) is 0. The van der Waals surface area contributed by atoms with Crippen LogP contribution in [0.3, 0.4) is 0 Å². The Morgan fingerprint density at radius 1 is 1.29 bits per heavy atom. The number of carbonyl (C=O) groups excluding carboxylic acids is 1. The van der Waals surface area contributed by atoms with Crippen molar-refractivity contribution in [3.05, 3.63) is 35.6 Å². The number of likely N-dealkylation sites (N-methyl/N-ethyl adjacent to an activating group) is 1. The van der Waals surface area contributed by atoms with Crippen molar-refractivity contribution in [3.63, 3.8) is 0 Å². The lowest BCUT2D eigenvalue weighted by atomic mass is 10.1. The van der Waals surface area contributed by atoms with Gasteiger partial charge in [0.1, 0.15) is 5.82 Å². The van der Waals surface area contributed by atoms with Crippen LogP contribution in [-0.4, -0.2) is 23.9 Å². The average Bonchev–Trinajstić information content (AvgIpc) is 2.31. The van der Waals surface area contributed by atoms with E-state index < -0.39 is 0 Å². The molecule has 1 rings (SSSR count). The second kappa shape index (κ2) is 6.38. The fourth-order valence-corrected chi connectivity index (χ4v) is 1.70. The standard InChI is InChI=1S/C14H20FNO/c1-4-16(14(17)11(2)3)10-9-12-5-7-13(15)8-6-12/h5-8,11H,4,9-10H2,1-3H3. The fourth-order valence-electron chi connectivity index (χ4n) is 1.70. The molecule has 0 aliphatic heterocycles. The van der Waals surface area contributed by atoms with Crippen LogP contribution >= 0.6 is 0 Å². The molecule has 0 heterocycles. The van der Waals surface area contributed by atoms with Crippen molar-refractivity contribution in [3.8, 4) is 0 Å². The van der Waals surface area contributed by atoms with Crippen molar-refractivity contribution in [2.45, 2.75) is 27.2 Å². The maximum Gasteiger partial charge on any atom is 0.225 e. The Balaban J connectivity index is 2.53. The molecule has 0 saturated heterocycles. The zero-order valence-corrected chi connectivity index (χ0v) is 10.7. The van der Waals surface area contributed by atoms with Crippen LogP contribution in [0, 0.1) is 11.7 Å². The number of benzene rings is 1. The van der Waals surface area contributed by atoms with E-state index in [0.29, 0.717) is 6.54 Å². The molecule has 0 spiro atoms. The summed E-state index contributed by atoms with van der Waals surface area (Å²) in [4.78, 5) is 13.7. The van der Waals surface area contributed by atoms with E-state index in [-0.39, 0.29) is 17.6 Å². The third-order valence-corrected chi connectivity index (χ3v) is 2.77. The molecule has 1 aromatic rings. The summed E-state index contributed by atoms with van der Waals surface area (Å²) in [5.41, 5.74) is 1.06. The monoisotopic (exact) mass is 237 g/mol. The summed E-state index contributed by atoms with van der Waals surface area (Å²) in [5, 5.41) is 0.